The molecule has 0 aromatic heterocycles. The molecule has 2 N–H and O–H groups in total. The average molecular weight is 311 g/mol. The van der Waals surface area contributed by atoms with Crippen LogP contribution in [0.15, 0.2) is 22.7 Å². The minimum Gasteiger partial charge on any atom is -0.328 e. The molecule has 1 unspecified atom stereocenters. The van der Waals surface area contributed by atoms with Crippen molar-refractivity contribution < 1.29 is 9.59 Å². The lowest BCUT2D eigenvalue weighted by atomic mass is 10.1. The number of nitrogens with zero attached hydrogens (tertiary/aromatic N) is 1. The maximum absolute atomic E-state index is 12.3. The number of fused-ring (bicyclic) bond motifs is 1. The van der Waals surface area contributed by atoms with Gasteiger partial charge in [-0.1, -0.05) is 29.3 Å². The van der Waals surface area contributed by atoms with Crippen molar-refractivity contribution in [1.29, 1.82) is 0 Å². The highest BCUT2D eigenvalue weighted by molar-refractivity contribution is 9.10. The molecule has 2 rings (SSSR count). The van der Waals surface area contributed by atoms with Crippen molar-refractivity contribution in [2.75, 3.05) is 6.54 Å². The Morgan fingerprint density at radius 2 is 1.94 bits per heavy atom. The second-order valence-electron chi connectivity index (χ2n) is 4.35. The van der Waals surface area contributed by atoms with Crippen LogP contribution < -0.4 is 5.73 Å². The van der Waals surface area contributed by atoms with Gasteiger partial charge in [0.05, 0.1) is 17.2 Å². The topological polar surface area (TPSA) is 63.4 Å². The molecule has 2 amide bonds. The number of imide groups is 1. The van der Waals surface area contributed by atoms with E-state index in [0.717, 1.165) is 17.3 Å². The lowest BCUT2D eigenvalue weighted by Gasteiger charge is -2.24. The van der Waals surface area contributed by atoms with Crippen LogP contribution in [0.5, 0.6) is 0 Å². The van der Waals surface area contributed by atoms with E-state index >= 15 is 0 Å². The van der Waals surface area contributed by atoms with Crippen LogP contribution in [0.1, 0.15) is 40.5 Å². The van der Waals surface area contributed by atoms with E-state index in [0.29, 0.717) is 17.7 Å². The van der Waals surface area contributed by atoms with E-state index in [1.807, 2.05) is 6.92 Å². The molecule has 1 heterocycles. The van der Waals surface area contributed by atoms with Gasteiger partial charge in [0.25, 0.3) is 11.8 Å². The zero-order valence-electron chi connectivity index (χ0n) is 10.1. The van der Waals surface area contributed by atoms with Crippen LogP contribution in [-0.4, -0.2) is 29.3 Å². The Morgan fingerprint density at radius 1 is 1.28 bits per heavy atom. The summed E-state index contributed by atoms with van der Waals surface area (Å²) in [7, 11) is 0. The molecule has 1 aliphatic rings. The second kappa shape index (κ2) is 5.20. The maximum atomic E-state index is 12.3. The van der Waals surface area contributed by atoms with E-state index in [4.69, 9.17) is 5.73 Å². The number of amides is 2. The molecule has 1 atom stereocenters. The van der Waals surface area contributed by atoms with Crippen molar-refractivity contribution in [3.63, 3.8) is 0 Å². The monoisotopic (exact) mass is 310 g/mol. The van der Waals surface area contributed by atoms with Gasteiger partial charge in [-0.2, -0.15) is 0 Å². The van der Waals surface area contributed by atoms with Gasteiger partial charge in [0.1, 0.15) is 0 Å². The number of nitrogens with two attached hydrogens (primary N) is 1. The summed E-state index contributed by atoms with van der Waals surface area (Å²) in [5.41, 5.74) is 6.60. The molecule has 4 nitrogen and oxygen atoms in total. The smallest absolute Gasteiger partial charge is 0.261 e. The molecular weight excluding hydrogens is 296 g/mol. The quantitative estimate of drug-likeness (QED) is 0.867. The molecule has 0 saturated heterocycles. The molecular formula is C13H15BrN2O2. The van der Waals surface area contributed by atoms with Crippen LogP contribution in [0.25, 0.3) is 0 Å². The standard InChI is InChI=1S/C13H15BrN2O2/c1-2-3-9(7-15)16-12(17)10-5-4-8(14)6-11(10)13(16)18/h4-6,9H,2-3,7,15H2,1H3. The highest BCUT2D eigenvalue weighted by atomic mass is 79.9. The molecule has 1 aromatic rings. The summed E-state index contributed by atoms with van der Waals surface area (Å²) in [6, 6.07) is 4.93. The van der Waals surface area contributed by atoms with Crippen molar-refractivity contribution in [3.05, 3.63) is 33.8 Å². The van der Waals surface area contributed by atoms with E-state index in [2.05, 4.69) is 15.9 Å². The number of halogens is 1. The summed E-state index contributed by atoms with van der Waals surface area (Å²) in [4.78, 5) is 25.8. The van der Waals surface area contributed by atoms with Crippen LogP contribution in [0.3, 0.4) is 0 Å². The first-order valence-corrected chi connectivity index (χ1v) is 6.77. The molecule has 18 heavy (non-hydrogen) atoms. The SMILES string of the molecule is CCCC(CN)N1C(=O)c2ccc(Br)cc2C1=O. The van der Waals surface area contributed by atoms with Crippen molar-refractivity contribution in [3.8, 4) is 0 Å². The molecule has 1 aromatic carbocycles. The summed E-state index contributed by atoms with van der Waals surface area (Å²) in [6.07, 6.45) is 1.63. The van der Waals surface area contributed by atoms with Gasteiger partial charge in [-0.25, -0.2) is 0 Å². The number of hydrogen-bond donors (Lipinski definition) is 1. The van der Waals surface area contributed by atoms with E-state index in [-0.39, 0.29) is 17.9 Å². The average Bonchev–Trinajstić information content (AvgIpc) is 2.59. The van der Waals surface area contributed by atoms with Crippen LogP contribution in [0, 0.1) is 0 Å². The van der Waals surface area contributed by atoms with Gasteiger partial charge in [0.2, 0.25) is 0 Å². The van der Waals surface area contributed by atoms with Crippen LogP contribution in [0.4, 0.5) is 0 Å². The number of hydrogen-bond acceptors (Lipinski definition) is 3. The number of carbonyl (C=O) groups is 2. The third-order valence-corrected chi connectivity index (χ3v) is 3.63. The molecule has 0 fully saturated rings. The zero-order chi connectivity index (χ0) is 13.3. The minimum atomic E-state index is -0.236. The fourth-order valence-corrected chi connectivity index (χ4v) is 2.61. The number of carbonyl (C=O) groups excluding carboxylic acids is 2. The lowest BCUT2D eigenvalue weighted by Crippen LogP contribution is -2.44. The highest BCUT2D eigenvalue weighted by Gasteiger charge is 2.39. The molecule has 0 spiro atoms. The maximum Gasteiger partial charge on any atom is 0.261 e. The Bertz CT molecular complexity index is 502. The predicted octanol–water partition coefficient (Wildman–Crippen LogP) is 2.17. The van der Waals surface area contributed by atoms with Gasteiger partial charge in [-0.15, -0.1) is 0 Å². The first kappa shape index (κ1) is 13.2. The van der Waals surface area contributed by atoms with Crippen LogP contribution in [-0.2, 0) is 0 Å². The van der Waals surface area contributed by atoms with Gasteiger partial charge in [0, 0.05) is 11.0 Å². The lowest BCUT2D eigenvalue weighted by molar-refractivity contribution is 0.0581. The first-order valence-electron chi connectivity index (χ1n) is 5.97. The fourth-order valence-electron chi connectivity index (χ4n) is 2.25. The van der Waals surface area contributed by atoms with Gasteiger partial charge in [-0.05, 0) is 24.6 Å². The van der Waals surface area contributed by atoms with Gasteiger partial charge in [-0.3, -0.25) is 14.5 Å². The molecule has 0 aliphatic carbocycles. The Labute approximate surface area is 114 Å². The molecule has 0 radical (unpaired) electrons. The van der Waals surface area contributed by atoms with Crippen molar-refractivity contribution in [2.45, 2.75) is 25.8 Å². The molecule has 1 aliphatic heterocycles. The van der Waals surface area contributed by atoms with Gasteiger partial charge < -0.3 is 5.73 Å². The van der Waals surface area contributed by atoms with E-state index in [9.17, 15) is 9.59 Å². The normalized spacial score (nSPS) is 16.1. The zero-order valence-corrected chi connectivity index (χ0v) is 11.7. The highest BCUT2D eigenvalue weighted by Crippen LogP contribution is 2.28. The third kappa shape index (κ3) is 2.08. The Balaban J connectivity index is 2.38. The van der Waals surface area contributed by atoms with Crippen molar-refractivity contribution in [2.24, 2.45) is 5.73 Å². The van der Waals surface area contributed by atoms with Gasteiger partial charge >= 0.3 is 0 Å². The summed E-state index contributed by atoms with van der Waals surface area (Å²) in [5, 5.41) is 0. The molecule has 5 heteroatoms. The molecule has 0 saturated carbocycles. The van der Waals surface area contributed by atoms with Crippen molar-refractivity contribution >= 4 is 27.7 Å². The molecule has 96 valence electrons. The Morgan fingerprint density at radius 3 is 2.56 bits per heavy atom. The van der Waals surface area contributed by atoms with Gasteiger partial charge in [0.15, 0.2) is 0 Å². The summed E-state index contributed by atoms with van der Waals surface area (Å²) in [5.74, 6) is -0.466. The number of benzene rings is 1. The predicted molar refractivity (Wildman–Crippen MR) is 72.4 cm³/mol. The summed E-state index contributed by atoms with van der Waals surface area (Å²) >= 11 is 3.31. The fraction of sp³-hybridized carbons (Fsp3) is 0.385. The van der Waals surface area contributed by atoms with E-state index in [1.54, 1.807) is 18.2 Å². The first-order chi connectivity index (χ1) is 8.60. The summed E-state index contributed by atoms with van der Waals surface area (Å²) < 4.78 is 0.795. The van der Waals surface area contributed by atoms with Crippen molar-refractivity contribution in [1.82, 2.24) is 4.90 Å². The molecule has 0 bridgehead atoms. The second-order valence-corrected chi connectivity index (χ2v) is 5.26. The summed E-state index contributed by atoms with van der Waals surface area (Å²) in [6.45, 7) is 2.32. The third-order valence-electron chi connectivity index (χ3n) is 3.14. The van der Waals surface area contributed by atoms with Crippen LogP contribution in [0.2, 0.25) is 0 Å². The largest absolute Gasteiger partial charge is 0.328 e. The Kier molecular flexibility index (Phi) is 3.82. The van der Waals surface area contributed by atoms with Crippen LogP contribution >= 0.6 is 15.9 Å². The Hall–Kier alpha value is -1.20. The minimum absolute atomic E-state index is 0.207. The van der Waals surface area contributed by atoms with E-state index in [1.165, 1.54) is 4.90 Å². The number of rotatable bonds is 4. The van der Waals surface area contributed by atoms with E-state index < -0.39 is 0 Å².